The number of aryl methyl sites for hydroxylation is 1. The number of anilines is 1. The number of methoxy groups -OCH3 is 1. The molecule has 2 aromatic rings. The lowest BCUT2D eigenvalue weighted by Crippen LogP contribution is -2.49. The molecule has 0 spiro atoms. The standard InChI is InChI=1S/C16H21N5O2S/c1-12-13(24-14(19-12)11-23-2)10-15(22)20-6-8-21(9-7-20)16-17-4-3-5-18-16/h3-5H,6-11H2,1-2H3. The van der Waals surface area contributed by atoms with Gasteiger partial charge in [-0.05, 0) is 13.0 Å². The van der Waals surface area contributed by atoms with Crippen molar-refractivity contribution in [3.8, 4) is 0 Å². The predicted molar refractivity (Wildman–Crippen MR) is 92.1 cm³/mol. The average Bonchev–Trinajstić information content (AvgIpc) is 2.95. The van der Waals surface area contributed by atoms with Crippen molar-refractivity contribution in [2.75, 3.05) is 38.2 Å². The second kappa shape index (κ2) is 7.67. The first-order valence-corrected chi connectivity index (χ1v) is 8.73. The maximum absolute atomic E-state index is 12.6. The van der Waals surface area contributed by atoms with Crippen molar-refractivity contribution < 1.29 is 9.53 Å². The largest absolute Gasteiger partial charge is 0.378 e. The molecule has 1 amide bonds. The summed E-state index contributed by atoms with van der Waals surface area (Å²) in [5.41, 5.74) is 0.928. The van der Waals surface area contributed by atoms with Crippen molar-refractivity contribution in [3.63, 3.8) is 0 Å². The highest BCUT2D eigenvalue weighted by atomic mass is 32.1. The van der Waals surface area contributed by atoms with Gasteiger partial charge in [0.15, 0.2) is 0 Å². The monoisotopic (exact) mass is 347 g/mol. The molecular formula is C16H21N5O2S. The number of carbonyl (C=O) groups excluding carboxylic acids is 1. The van der Waals surface area contributed by atoms with Crippen LogP contribution >= 0.6 is 11.3 Å². The number of aromatic nitrogens is 3. The Morgan fingerprint density at radius 3 is 2.62 bits per heavy atom. The highest BCUT2D eigenvalue weighted by Crippen LogP contribution is 2.20. The van der Waals surface area contributed by atoms with Crippen LogP contribution in [0.4, 0.5) is 5.95 Å². The zero-order valence-electron chi connectivity index (χ0n) is 13.9. The van der Waals surface area contributed by atoms with Crippen LogP contribution in [0.5, 0.6) is 0 Å². The van der Waals surface area contributed by atoms with Crippen LogP contribution in [0.1, 0.15) is 15.6 Å². The van der Waals surface area contributed by atoms with E-state index in [0.29, 0.717) is 26.1 Å². The highest BCUT2D eigenvalue weighted by molar-refractivity contribution is 7.11. The summed E-state index contributed by atoms with van der Waals surface area (Å²) in [5.74, 6) is 0.881. The normalized spacial score (nSPS) is 14.9. The van der Waals surface area contributed by atoms with Gasteiger partial charge in [-0.15, -0.1) is 11.3 Å². The third-order valence-corrected chi connectivity index (χ3v) is 5.11. The molecule has 8 heteroatoms. The molecule has 0 saturated carbocycles. The van der Waals surface area contributed by atoms with Crippen molar-refractivity contribution in [3.05, 3.63) is 34.0 Å². The lowest BCUT2D eigenvalue weighted by atomic mass is 10.2. The summed E-state index contributed by atoms with van der Waals surface area (Å²) >= 11 is 1.56. The maximum atomic E-state index is 12.6. The number of hydrogen-bond donors (Lipinski definition) is 0. The third-order valence-electron chi connectivity index (χ3n) is 3.98. The van der Waals surface area contributed by atoms with E-state index >= 15 is 0 Å². The molecule has 0 atom stereocenters. The van der Waals surface area contributed by atoms with E-state index in [0.717, 1.165) is 34.6 Å². The Hall–Kier alpha value is -2.06. The molecule has 1 aliphatic rings. The molecule has 0 aliphatic carbocycles. The molecule has 1 saturated heterocycles. The summed E-state index contributed by atoms with van der Waals surface area (Å²) in [7, 11) is 1.65. The Kier molecular flexibility index (Phi) is 5.37. The van der Waals surface area contributed by atoms with Gasteiger partial charge >= 0.3 is 0 Å². The van der Waals surface area contributed by atoms with Crippen LogP contribution in [-0.2, 0) is 22.6 Å². The molecule has 0 radical (unpaired) electrons. The summed E-state index contributed by atoms with van der Waals surface area (Å²) < 4.78 is 5.11. The van der Waals surface area contributed by atoms with E-state index in [1.54, 1.807) is 36.9 Å². The number of rotatable bonds is 5. The molecule has 3 heterocycles. The lowest BCUT2D eigenvalue weighted by molar-refractivity contribution is -0.130. The summed E-state index contributed by atoms with van der Waals surface area (Å²) in [6.07, 6.45) is 3.89. The van der Waals surface area contributed by atoms with E-state index in [1.807, 2.05) is 11.8 Å². The van der Waals surface area contributed by atoms with Gasteiger partial charge in [-0.25, -0.2) is 15.0 Å². The highest BCUT2D eigenvalue weighted by Gasteiger charge is 2.23. The fourth-order valence-electron chi connectivity index (χ4n) is 2.70. The van der Waals surface area contributed by atoms with Gasteiger partial charge in [0.05, 0.1) is 18.7 Å². The minimum Gasteiger partial charge on any atom is -0.378 e. The Labute approximate surface area is 145 Å². The minimum absolute atomic E-state index is 0.152. The Balaban J connectivity index is 1.55. The molecule has 0 N–H and O–H groups in total. The maximum Gasteiger partial charge on any atom is 0.228 e. The molecule has 24 heavy (non-hydrogen) atoms. The molecule has 0 aromatic carbocycles. The van der Waals surface area contributed by atoms with Crippen LogP contribution in [0.2, 0.25) is 0 Å². The van der Waals surface area contributed by atoms with Crippen LogP contribution in [0.3, 0.4) is 0 Å². The van der Waals surface area contributed by atoms with Crippen molar-refractivity contribution >= 4 is 23.2 Å². The van der Waals surface area contributed by atoms with Gasteiger partial charge in [-0.1, -0.05) is 0 Å². The first-order chi connectivity index (χ1) is 11.7. The molecule has 7 nitrogen and oxygen atoms in total. The van der Waals surface area contributed by atoms with E-state index in [4.69, 9.17) is 4.74 Å². The fourth-order valence-corrected chi connectivity index (χ4v) is 3.73. The van der Waals surface area contributed by atoms with Gasteiger partial charge in [-0.3, -0.25) is 4.79 Å². The smallest absolute Gasteiger partial charge is 0.228 e. The first kappa shape index (κ1) is 16.8. The second-order valence-corrected chi connectivity index (χ2v) is 6.81. The molecule has 1 aliphatic heterocycles. The third kappa shape index (κ3) is 3.88. The van der Waals surface area contributed by atoms with Crippen LogP contribution in [-0.4, -0.2) is 59.0 Å². The number of ether oxygens (including phenoxy) is 1. The Bertz CT molecular complexity index is 683. The molecular weight excluding hydrogens is 326 g/mol. The average molecular weight is 347 g/mol. The van der Waals surface area contributed by atoms with Gasteiger partial charge in [0.2, 0.25) is 11.9 Å². The van der Waals surface area contributed by atoms with E-state index < -0.39 is 0 Å². The zero-order valence-corrected chi connectivity index (χ0v) is 14.8. The topological polar surface area (TPSA) is 71.5 Å². The molecule has 2 aromatic heterocycles. The number of carbonyl (C=O) groups is 1. The summed E-state index contributed by atoms with van der Waals surface area (Å²) in [5, 5.41) is 0.920. The van der Waals surface area contributed by atoms with Crippen molar-refractivity contribution in [2.24, 2.45) is 0 Å². The van der Waals surface area contributed by atoms with E-state index in [9.17, 15) is 4.79 Å². The molecule has 0 bridgehead atoms. The minimum atomic E-state index is 0.152. The summed E-state index contributed by atoms with van der Waals surface area (Å²) in [4.78, 5) is 30.6. The number of nitrogens with zero attached hydrogens (tertiary/aromatic N) is 5. The summed E-state index contributed by atoms with van der Waals surface area (Å²) in [6, 6.07) is 1.80. The Morgan fingerprint density at radius 2 is 1.96 bits per heavy atom. The van der Waals surface area contributed by atoms with E-state index in [-0.39, 0.29) is 5.91 Å². The summed E-state index contributed by atoms with van der Waals surface area (Å²) in [6.45, 7) is 5.34. The number of piperazine rings is 1. The molecule has 3 rings (SSSR count). The van der Waals surface area contributed by atoms with Crippen LogP contribution < -0.4 is 4.90 Å². The molecule has 1 fully saturated rings. The number of hydrogen-bond acceptors (Lipinski definition) is 7. The van der Waals surface area contributed by atoms with E-state index in [2.05, 4.69) is 19.9 Å². The first-order valence-electron chi connectivity index (χ1n) is 7.91. The molecule has 128 valence electrons. The number of thiazole rings is 1. The van der Waals surface area contributed by atoms with Crippen molar-refractivity contribution in [1.82, 2.24) is 19.9 Å². The van der Waals surface area contributed by atoms with Crippen LogP contribution in [0, 0.1) is 6.92 Å². The van der Waals surface area contributed by atoms with Gasteiger partial charge in [0, 0.05) is 50.6 Å². The van der Waals surface area contributed by atoms with E-state index in [1.165, 1.54) is 0 Å². The molecule has 0 unspecified atom stereocenters. The van der Waals surface area contributed by atoms with Crippen molar-refractivity contribution in [1.29, 1.82) is 0 Å². The van der Waals surface area contributed by atoms with Gasteiger partial charge in [0.1, 0.15) is 5.01 Å². The lowest BCUT2D eigenvalue weighted by Gasteiger charge is -2.34. The van der Waals surface area contributed by atoms with Gasteiger partial charge in [-0.2, -0.15) is 0 Å². The van der Waals surface area contributed by atoms with Gasteiger partial charge in [0.25, 0.3) is 0 Å². The second-order valence-electron chi connectivity index (χ2n) is 5.64. The predicted octanol–water partition coefficient (Wildman–Crippen LogP) is 1.28. The fraction of sp³-hybridized carbons (Fsp3) is 0.500. The van der Waals surface area contributed by atoms with Crippen LogP contribution in [0.15, 0.2) is 18.5 Å². The number of amides is 1. The van der Waals surface area contributed by atoms with Crippen LogP contribution in [0.25, 0.3) is 0 Å². The van der Waals surface area contributed by atoms with Crippen molar-refractivity contribution in [2.45, 2.75) is 20.0 Å². The SMILES string of the molecule is COCc1nc(C)c(CC(=O)N2CCN(c3ncccn3)CC2)s1. The Morgan fingerprint density at radius 1 is 1.25 bits per heavy atom. The van der Waals surface area contributed by atoms with Gasteiger partial charge < -0.3 is 14.5 Å². The quantitative estimate of drug-likeness (QED) is 0.811. The zero-order chi connectivity index (χ0) is 16.9.